The zero-order valence-electron chi connectivity index (χ0n) is 15.7. The van der Waals surface area contributed by atoms with E-state index in [1.807, 2.05) is 6.07 Å². The van der Waals surface area contributed by atoms with Gasteiger partial charge in [0.05, 0.1) is 30.5 Å². The highest BCUT2D eigenvalue weighted by Gasteiger charge is 2.20. The molecule has 0 aliphatic rings. The number of esters is 1. The highest BCUT2D eigenvalue weighted by atomic mass is 16.5. The summed E-state index contributed by atoms with van der Waals surface area (Å²) in [6.45, 7) is 4.70. The van der Waals surface area contributed by atoms with Gasteiger partial charge in [-0.2, -0.15) is 10.4 Å². The molecule has 0 fully saturated rings. The molecule has 0 saturated carbocycles. The lowest BCUT2D eigenvalue weighted by Gasteiger charge is -2.14. The maximum Gasteiger partial charge on any atom is 0.338 e. The Hall–Kier alpha value is -3.51. The fourth-order valence-electron chi connectivity index (χ4n) is 2.48. The van der Waals surface area contributed by atoms with E-state index >= 15 is 0 Å². The summed E-state index contributed by atoms with van der Waals surface area (Å²) < 4.78 is 5.78. The van der Waals surface area contributed by atoms with Gasteiger partial charge in [-0.15, -0.1) is 5.11 Å². The second kappa shape index (κ2) is 8.92. The van der Waals surface area contributed by atoms with Crippen LogP contribution in [0.1, 0.15) is 35.3 Å². The van der Waals surface area contributed by atoms with E-state index in [0.717, 1.165) is 4.57 Å². The van der Waals surface area contributed by atoms with E-state index in [-0.39, 0.29) is 30.0 Å². The molecule has 1 atom stereocenters. The van der Waals surface area contributed by atoms with Crippen molar-refractivity contribution in [1.29, 1.82) is 5.26 Å². The van der Waals surface area contributed by atoms with Crippen LogP contribution in [0, 0.1) is 18.3 Å². The first-order chi connectivity index (χ1) is 13.3. The van der Waals surface area contributed by atoms with Crippen LogP contribution < -0.4 is 5.56 Å². The number of aromatic hydroxyl groups is 1. The largest absolute Gasteiger partial charge is 0.493 e. The Morgan fingerprint density at radius 2 is 1.96 bits per heavy atom. The quantitative estimate of drug-likeness (QED) is 0.580. The van der Waals surface area contributed by atoms with Crippen molar-refractivity contribution in [3.05, 3.63) is 51.3 Å². The van der Waals surface area contributed by atoms with Crippen LogP contribution >= 0.6 is 0 Å². The van der Waals surface area contributed by atoms with Gasteiger partial charge in [-0.05, 0) is 45.0 Å². The van der Waals surface area contributed by atoms with Crippen molar-refractivity contribution in [3.63, 3.8) is 0 Å². The molecule has 0 bridgehead atoms. The van der Waals surface area contributed by atoms with Gasteiger partial charge in [0.2, 0.25) is 5.88 Å². The predicted molar refractivity (Wildman–Crippen MR) is 100 cm³/mol. The molecule has 9 heteroatoms. The molecule has 0 spiro atoms. The topological polar surface area (TPSA) is 137 Å². The minimum absolute atomic E-state index is 0.119. The molecular weight excluding hydrogens is 364 g/mol. The number of nitrogens with zero attached hydrogens (tertiary/aromatic N) is 4. The van der Waals surface area contributed by atoms with Crippen LogP contribution in [0.15, 0.2) is 39.3 Å². The Kier molecular flexibility index (Phi) is 6.63. The molecule has 2 rings (SSSR count). The van der Waals surface area contributed by atoms with E-state index in [4.69, 9.17) is 4.74 Å². The minimum Gasteiger partial charge on any atom is -0.493 e. The average Bonchev–Trinajstić information content (AvgIpc) is 2.66. The summed E-state index contributed by atoms with van der Waals surface area (Å²) in [5, 5.41) is 36.9. The Labute approximate surface area is 161 Å². The van der Waals surface area contributed by atoms with Crippen molar-refractivity contribution in [2.75, 3.05) is 6.61 Å². The molecule has 28 heavy (non-hydrogen) atoms. The van der Waals surface area contributed by atoms with Gasteiger partial charge in [0.1, 0.15) is 11.6 Å². The predicted octanol–water partition coefficient (Wildman–Crippen LogP) is 2.71. The minimum atomic E-state index is -0.918. The van der Waals surface area contributed by atoms with Crippen molar-refractivity contribution in [2.45, 2.75) is 33.4 Å². The lowest BCUT2D eigenvalue weighted by molar-refractivity contribution is 0.0526. The number of nitriles is 1. The lowest BCUT2D eigenvalue weighted by Crippen LogP contribution is -2.26. The average molecular weight is 384 g/mol. The van der Waals surface area contributed by atoms with Crippen molar-refractivity contribution in [1.82, 2.24) is 4.57 Å². The maximum absolute atomic E-state index is 12.6. The van der Waals surface area contributed by atoms with Crippen LogP contribution in [0.25, 0.3) is 0 Å². The van der Waals surface area contributed by atoms with Gasteiger partial charge in [0.15, 0.2) is 5.69 Å². The van der Waals surface area contributed by atoms with Gasteiger partial charge in [-0.25, -0.2) is 4.79 Å². The molecule has 0 aliphatic heterocycles. The smallest absolute Gasteiger partial charge is 0.338 e. The van der Waals surface area contributed by atoms with E-state index < -0.39 is 23.5 Å². The standard InChI is InChI=1S/C19H20N4O5/c1-4-28-19(27)13-5-7-14(8-6-13)21-22-16-12(3)15(9-20)17(25)23(18(16)26)10-11(2)24/h5-8,11,24-25H,4,10H2,1-3H3. The normalized spacial score (nSPS) is 12.0. The first-order valence-corrected chi connectivity index (χ1v) is 8.53. The second-order valence-electron chi connectivity index (χ2n) is 6.02. The van der Waals surface area contributed by atoms with Gasteiger partial charge in [0, 0.05) is 5.56 Å². The molecule has 2 N–H and O–H groups in total. The molecule has 0 aliphatic carbocycles. The van der Waals surface area contributed by atoms with Crippen molar-refractivity contribution in [3.8, 4) is 11.9 Å². The molecule has 1 aromatic carbocycles. The number of azo groups is 1. The SMILES string of the molecule is CCOC(=O)c1ccc(N=Nc2c(C)c(C#N)c(O)n(CC(C)O)c2=O)cc1. The third kappa shape index (κ3) is 4.42. The van der Waals surface area contributed by atoms with E-state index in [2.05, 4.69) is 10.2 Å². The van der Waals surface area contributed by atoms with Gasteiger partial charge >= 0.3 is 5.97 Å². The first-order valence-electron chi connectivity index (χ1n) is 8.53. The molecule has 1 aromatic heterocycles. The molecule has 9 nitrogen and oxygen atoms in total. The van der Waals surface area contributed by atoms with E-state index in [1.165, 1.54) is 38.1 Å². The summed E-state index contributed by atoms with van der Waals surface area (Å²) in [7, 11) is 0. The number of benzene rings is 1. The van der Waals surface area contributed by atoms with Gasteiger partial charge in [-0.3, -0.25) is 9.36 Å². The van der Waals surface area contributed by atoms with Gasteiger partial charge in [0.25, 0.3) is 5.56 Å². The maximum atomic E-state index is 12.6. The van der Waals surface area contributed by atoms with Crippen molar-refractivity contribution < 1.29 is 19.7 Å². The summed E-state index contributed by atoms with van der Waals surface area (Å²) in [6.07, 6.45) is -0.918. The Morgan fingerprint density at radius 3 is 2.50 bits per heavy atom. The molecule has 0 amide bonds. The summed E-state index contributed by atoms with van der Waals surface area (Å²) in [5.74, 6) is -0.983. The Bertz CT molecular complexity index is 1000. The summed E-state index contributed by atoms with van der Waals surface area (Å²) in [4.78, 5) is 24.3. The first kappa shape index (κ1) is 20.8. The van der Waals surface area contributed by atoms with Crippen LogP contribution in [-0.2, 0) is 11.3 Å². The Morgan fingerprint density at radius 1 is 1.32 bits per heavy atom. The van der Waals surface area contributed by atoms with E-state index in [9.17, 15) is 25.1 Å². The molecule has 0 radical (unpaired) electrons. The summed E-state index contributed by atoms with van der Waals surface area (Å²) >= 11 is 0. The zero-order valence-corrected chi connectivity index (χ0v) is 15.7. The van der Waals surface area contributed by atoms with Crippen LogP contribution in [0.4, 0.5) is 11.4 Å². The van der Waals surface area contributed by atoms with Crippen LogP contribution in [0.2, 0.25) is 0 Å². The van der Waals surface area contributed by atoms with E-state index in [1.54, 1.807) is 6.92 Å². The van der Waals surface area contributed by atoms with Crippen LogP contribution in [-0.4, -0.2) is 33.5 Å². The number of ether oxygens (including phenoxy) is 1. The van der Waals surface area contributed by atoms with Crippen LogP contribution in [0.5, 0.6) is 5.88 Å². The number of rotatable bonds is 6. The molecule has 1 unspecified atom stereocenters. The van der Waals surface area contributed by atoms with Gasteiger partial charge < -0.3 is 14.9 Å². The molecule has 146 valence electrons. The second-order valence-corrected chi connectivity index (χ2v) is 6.02. The molecule has 2 aromatic rings. The number of aromatic nitrogens is 1. The number of aliphatic hydroxyl groups is 1. The van der Waals surface area contributed by atoms with E-state index in [0.29, 0.717) is 11.3 Å². The molecule has 0 saturated heterocycles. The summed E-state index contributed by atoms with van der Waals surface area (Å²) in [6, 6.07) is 7.93. The third-order valence-electron chi connectivity index (χ3n) is 3.86. The molecule has 1 heterocycles. The third-order valence-corrected chi connectivity index (χ3v) is 3.86. The number of carbonyl (C=O) groups is 1. The molecular formula is C19H20N4O5. The number of carbonyl (C=O) groups excluding carboxylic acids is 1. The summed E-state index contributed by atoms with van der Waals surface area (Å²) in [5.41, 5.74) is -0.00923. The monoisotopic (exact) mass is 384 g/mol. The number of aliphatic hydroxyl groups excluding tert-OH is 1. The number of hydrogen-bond acceptors (Lipinski definition) is 8. The van der Waals surface area contributed by atoms with Gasteiger partial charge in [-0.1, -0.05) is 0 Å². The van der Waals surface area contributed by atoms with Crippen molar-refractivity contribution >= 4 is 17.3 Å². The highest BCUT2D eigenvalue weighted by Crippen LogP contribution is 2.27. The zero-order chi connectivity index (χ0) is 20.8. The van der Waals surface area contributed by atoms with Crippen LogP contribution in [0.3, 0.4) is 0 Å². The fraction of sp³-hybridized carbons (Fsp3) is 0.316. The lowest BCUT2D eigenvalue weighted by atomic mass is 10.1. The van der Waals surface area contributed by atoms with Crippen molar-refractivity contribution in [2.24, 2.45) is 10.2 Å². The Balaban J connectivity index is 2.44. The number of pyridine rings is 1. The highest BCUT2D eigenvalue weighted by molar-refractivity contribution is 5.89. The number of hydrogen-bond donors (Lipinski definition) is 2. The fourth-order valence-corrected chi connectivity index (χ4v) is 2.48.